The van der Waals surface area contributed by atoms with E-state index >= 15 is 0 Å². The van der Waals surface area contributed by atoms with Crippen LogP contribution in [0, 0.1) is 0 Å². The molecule has 0 bridgehead atoms. The van der Waals surface area contributed by atoms with E-state index in [-0.39, 0.29) is 58.5 Å². The second-order valence-corrected chi connectivity index (χ2v) is 8.01. The molecule has 1 radical (unpaired) electrons. The molecule has 179 valence electrons. The van der Waals surface area contributed by atoms with Crippen LogP contribution in [0.1, 0.15) is 10.4 Å². The molecule has 1 heterocycles. The Kier molecular flexibility index (Phi) is 10.5. The number of aromatic nitrogens is 2. The Morgan fingerprint density at radius 3 is 2.03 bits per heavy atom. The van der Waals surface area contributed by atoms with Crippen LogP contribution in [0.4, 0.5) is 21.2 Å². The van der Waals surface area contributed by atoms with Crippen LogP contribution in [-0.4, -0.2) is 106 Å². The van der Waals surface area contributed by atoms with Gasteiger partial charge in [-0.25, -0.2) is 22.7 Å². The number of ether oxygens (including phenoxy) is 3. The largest absolute Gasteiger partial charge is 0.481 e. The summed E-state index contributed by atoms with van der Waals surface area (Å²) in [5.74, 6) is -0.841. The van der Waals surface area contributed by atoms with Crippen LogP contribution in [0.25, 0.3) is 0 Å². The molecule has 0 aliphatic heterocycles. The number of nitrogens with zero attached hydrogens (tertiary/aromatic N) is 3. The molecule has 0 aliphatic carbocycles. The summed E-state index contributed by atoms with van der Waals surface area (Å²) >= 11 is 0. The summed E-state index contributed by atoms with van der Waals surface area (Å²) in [5.41, 5.74) is -0.228. The molecule has 2 aromatic rings. The van der Waals surface area contributed by atoms with Crippen LogP contribution in [-0.2, 0) is 14.8 Å². The number of methoxy groups -OCH3 is 3. The molecule has 0 aliphatic rings. The molecule has 0 saturated carbocycles. The van der Waals surface area contributed by atoms with Crippen LogP contribution in [0.15, 0.2) is 29.2 Å². The van der Waals surface area contributed by atoms with Gasteiger partial charge in [0.2, 0.25) is 17.7 Å². The minimum Gasteiger partial charge on any atom is -0.481 e. The second kappa shape index (κ2) is 12.4. The van der Waals surface area contributed by atoms with Gasteiger partial charge >= 0.3 is 12.1 Å². The molecule has 14 nitrogen and oxygen atoms in total. The number of sulfonamides is 1. The molecule has 3 N–H and O–H groups in total. The minimum atomic E-state index is -4.60. The fourth-order valence-corrected chi connectivity index (χ4v) is 3.51. The van der Waals surface area contributed by atoms with Gasteiger partial charge in [0.15, 0.2) is 0 Å². The molecule has 34 heavy (non-hydrogen) atoms. The second-order valence-electron chi connectivity index (χ2n) is 6.36. The van der Waals surface area contributed by atoms with Crippen molar-refractivity contribution in [3.63, 3.8) is 0 Å². The summed E-state index contributed by atoms with van der Waals surface area (Å²) in [4.78, 5) is 44.7. The van der Waals surface area contributed by atoms with Crippen LogP contribution >= 0.6 is 0 Å². The first-order chi connectivity index (χ1) is 15.5. The van der Waals surface area contributed by atoms with Crippen molar-refractivity contribution in [2.75, 3.05) is 46.1 Å². The number of amides is 4. The Morgan fingerprint density at radius 1 is 0.941 bits per heavy atom. The number of rotatable bonds is 7. The SMILES string of the molecule is COC(=O)Nc1ccc(C(=O)N(C)C)c(S(=O)(=O)NC(=O)Nc2nc(OC)cc(OC)n2)c1.[Na]. The molecule has 2 rings (SSSR count). The quantitative estimate of drug-likeness (QED) is 0.449. The van der Waals surface area contributed by atoms with Gasteiger partial charge < -0.3 is 19.1 Å². The number of urea groups is 1. The van der Waals surface area contributed by atoms with Crippen molar-refractivity contribution in [2.45, 2.75) is 4.90 Å². The van der Waals surface area contributed by atoms with Crippen molar-refractivity contribution < 1.29 is 37.0 Å². The molecule has 0 saturated heterocycles. The van der Waals surface area contributed by atoms with Gasteiger partial charge in [-0.2, -0.15) is 9.97 Å². The van der Waals surface area contributed by atoms with Crippen molar-refractivity contribution in [1.29, 1.82) is 0 Å². The van der Waals surface area contributed by atoms with E-state index in [2.05, 4.69) is 25.3 Å². The predicted molar refractivity (Wildman–Crippen MR) is 121 cm³/mol. The fourth-order valence-electron chi connectivity index (χ4n) is 2.38. The van der Waals surface area contributed by atoms with Crippen molar-refractivity contribution >= 4 is 69.2 Å². The topological polar surface area (TPSA) is 178 Å². The smallest absolute Gasteiger partial charge is 0.411 e. The van der Waals surface area contributed by atoms with E-state index in [9.17, 15) is 22.8 Å². The zero-order chi connectivity index (χ0) is 24.8. The van der Waals surface area contributed by atoms with Crippen LogP contribution in [0.2, 0.25) is 0 Å². The number of carbonyl (C=O) groups excluding carboxylic acids is 3. The van der Waals surface area contributed by atoms with E-state index in [0.29, 0.717) is 0 Å². The standard InChI is InChI=1S/C18H22N6O8S.Na/c1-24(2)15(25)11-7-6-10(19-18(27)32-5)8-12(11)33(28,29)23-17(26)22-16-20-13(30-3)9-14(21-16)31-4;/h6-9H,1-5H3,(H,19,27)(H2,20,21,22,23,26);. The van der Waals surface area contributed by atoms with Crippen molar-refractivity contribution in [2.24, 2.45) is 0 Å². The Hall–Kier alpha value is -3.14. The Morgan fingerprint density at radius 2 is 1.53 bits per heavy atom. The molecule has 16 heteroatoms. The first-order valence-corrected chi connectivity index (χ1v) is 10.5. The number of anilines is 2. The molecular weight excluding hydrogens is 483 g/mol. The van der Waals surface area contributed by atoms with E-state index < -0.39 is 33.0 Å². The average Bonchev–Trinajstić information content (AvgIpc) is 2.77. The van der Waals surface area contributed by atoms with Crippen molar-refractivity contribution in [3.05, 3.63) is 29.8 Å². The Bertz CT molecular complexity index is 1150. The van der Waals surface area contributed by atoms with E-state index in [4.69, 9.17) is 9.47 Å². The third-order valence-corrected chi connectivity index (χ3v) is 5.26. The molecule has 1 aromatic heterocycles. The predicted octanol–water partition coefficient (Wildman–Crippen LogP) is 0.504. The third-order valence-electron chi connectivity index (χ3n) is 3.89. The molecule has 4 amide bonds. The number of hydrogen-bond acceptors (Lipinski definition) is 10. The number of nitrogens with one attached hydrogen (secondary N) is 3. The molecule has 0 fully saturated rings. The van der Waals surface area contributed by atoms with E-state index in [1.54, 1.807) is 4.72 Å². The van der Waals surface area contributed by atoms with Gasteiger partial charge in [0, 0.05) is 49.3 Å². The first-order valence-electron chi connectivity index (χ1n) is 9.02. The van der Waals surface area contributed by atoms with Gasteiger partial charge in [-0.1, -0.05) is 0 Å². The van der Waals surface area contributed by atoms with Crippen molar-refractivity contribution in [1.82, 2.24) is 19.6 Å². The van der Waals surface area contributed by atoms with Crippen LogP contribution in [0.3, 0.4) is 0 Å². The van der Waals surface area contributed by atoms with Crippen molar-refractivity contribution in [3.8, 4) is 11.8 Å². The zero-order valence-electron chi connectivity index (χ0n) is 19.3. The summed E-state index contributed by atoms with van der Waals surface area (Å²) in [7, 11) is 2.02. The number of hydrogen-bond donors (Lipinski definition) is 3. The summed E-state index contributed by atoms with van der Waals surface area (Å²) in [6.07, 6.45) is -0.861. The maximum Gasteiger partial charge on any atom is 0.411 e. The number of benzene rings is 1. The molecule has 0 spiro atoms. The minimum absolute atomic E-state index is 0. The van der Waals surface area contributed by atoms with Gasteiger partial charge in [0.05, 0.1) is 33.0 Å². The zero-order valence-corrected chi connectivity index (χ0v) is 22.1. The normalized spacial score (nSPS) is 10.3. The van der Waals surface area contributed by atoms with Gasteiger partial charge in [-0.15, -0.1) is 0 Å². The first kappa shape index (κ1) is 28.9. The van der Waals surface area contributed by atoms with Gasteiger partial charge in [0.1, 0.15) is 4.90 Å². The van der Waals surface area contributed by atoms with Crippen LogP contribution in [0.5, 0.6) is 11.8 Å². The maximum atomic E-state index is 13.0. The molecule has 0 atom stereocenters. The summed E-state index contributed by atoms with van der Waals surface area (Å²) in [6.45, 7) is 0. The van der Waals surface area contributed by atoms with E-state index in [1.165, 1.54) is 46.5 Å². The van der Waals surface area contributed by atoms with Gasteiger partial charge in [-0.3, -0.25) is 15.4 Å². The summed E-state index contributed by atoms with van der Waals surface area (Å²) < 4.78 is 42.1. The Labute approximate surface area is 217 Å². The maximum absolute atomic E-state index is 13.0. The molecule has 1 aromatic carbocycles. The summed E-state index contributed by atoms with van der Waals surface area (Å²) in [5, 5.41) is 4.44. The summed E-state index contributed by atoms with van der Waals surface area (Å²) in [6, 6.07) is 3.63. The van der Waals surface area contributed by atoms with E-state index in [1.807, 2.05) is 0 Å². The fraction of sp³-hybridized carbons (Fsp3) is 0.278. The van der Waals surface area contributed by atoms with Gasteiger partial charge in [-0.05, 0) is 18.2 Å². The number of carbonyl (C=O) groups is 3. The third kappa shape index (κ3) is 7.44. The molecule has 0 unspecified atom stereocenters. The average molecular weight is 505 g/mol. The Balaban J connectivity index is 0.00000578. The van der Waals surface area contributed by atoms with Gasteiger partial charge in [0.25, 0.3) is 15.9 Å². The monoisotopic (exact) mass is 505 g/mol. The van der Waals surface area contributed by atoms with E-state index in [0.717, 1.165) is 18.1 Å². The van der Waals surface area contributed by atoms with Crippen LogP contribution < -0.4 is 24.8 Å². The molecular formula is C18H22N6NaO8S.